The molecule has 2 fully saturated rings. The molecule has 88 valence electrons. The lowest BCUT2D eigenvalue weighted by Gasteiger charge is -2.29. The van der Waals surface area contributed by atoms with Crippen molar-refractivity contribution in [2.45, 2.75) is 64.0 Å². The highest BCUT2D eigenvalue weighted by molar-refractivity contribution is 4.81. The minimum atomic E-state index is 0.729. The van der Waals surface area contributed by atoms with Crippen LogP contribution in [0.3, 0.4) is 0 Å². The number of nitrogens with one attached hydrogen (secondary N) is 2. The van der Waals surface area contributed by atoms with Crippen molar-refractivity contribution in [1.82, 2.24) is 10.6 Å². The largest absolute Gasteiger partial charge is 0.313 e. The normalized spacial score (nSPS) is 30.6. The van der Waals surface area contributed by atoms with Gasteiger partial charge >= 0.3 is 0 Å². The van der Waals surface area contributed by atoms with E-state index in [1.54, 1.807) is 0 Å². The Morgan fingerprint density at radius 3 is 2.60 bits per heavy atom. The van der Waals surface area contributed by atoms with E-state index in [1.807, 2.05) is 0 Å². The summed E-state index contributed by atoms with van der Waals surface area (Å²) in [6.45, 7) is 4.78. The first kappa shape index (κ1) is 11.4. The number of rotatable bonds is 4. The maximum Gasteiger partial charge on any atom is 0.0193 e. The molecule has 0 aromatic rings. The second-order valence-corrected chi connectivity index (χ2v) is 5.39. The van der Waals surface area contributed by atoms with Gasteiger partial charge in [-0.2, -0.15) is 0 Å². The van der Waals surface area contributed by atoms with Gasteiger partial charge in [-0.3, -0.25) is 0 Å². The van der Waals surface area contributed by atoms with Gasteiger partial charge in [0.1, 0.15) is 0 Å². The van der Waals surface area contributed by atoms with E-state index in [2.05, 4.69) is 17.6 Å². The third kappa shape index (κ3) is 3.46. The second-order valence-electron chi connectivity index (χ2n) is 5.39. The van der Waals surface area contributed by atoms with Gasteiger partial charge in [-0.05, 0) is 45.1 Å². The Morgan fingerprint density at radius 2 is 1.93 bits per heavy atom. The van der Waals surface area contributed by atoms with Crippen molar-refractivity contribution in [3.8, 4) is 0 Å². The maximum atomic E-state index is 3.73. The third-order valence-corrected chi connectivity index (χ3v) is 4.21. The molecule has 2 N–H and O–H groups in total. The monoisotopic (exact) mass is 210 g/mol. The van der Waals surface area contributed by atoms with Crippen LogP contribution in [-0.2, 0) is 0 Å². The van der Waals surface area contributed by atoms with E-state index in [9.17, 15) is 0 Å². The van der Waals surface area contributed by atoms with Crippen molar-refractivity contribution >= 4 is 0 Å². The van der Waals surface area contributed by atoms with E-state index in [0.29, 0.717) is 0 Å². The average molecular weight is 210 g/mol. The molecule has 2 heteroatoms. The van der Waals surface area contributed by atoms with Crippen LogP contribution in [0.4, 0.5) is 0 Å². The summed E-state index contributed by atoms with van der Waals surface area (Å²) >= 11 is 0. The predicted octanol–water partition coefficient (Wildman–Crippen LogP) is 2.30. The van der Waals surface area contributed by atoms with E-state index in [-0.39, 0.29) is 0 Å². The van der Waals surface area contributed by atoms with Crippen molar-refractivity contribution in [2.75, 3.05) is 13.1 Å². The van der Waals surface area contributed by atoms with Gasteiger partial charge in [0.25, 0.3) is 0 Å². The first-order chi connectivity index (χ1) is 7.36. The molecule has 0 amide bonds. The summed E-state index contributed by atoms with van der Waals surface area (Å²) in [5.74, 6) is 0.945. The smallest absolute Gasteiger partial charge is 0.0193 e. The molecule has 1 aliphatic carbocycles. The Hall–Kier alpha value is -0.0800. The van der Waals surface area contributed by atoms with Crippen molar-refractivity contribution in [2.24, 2.45) is 5.92 Å². The summed E-state index contributed by atoms with van der Waals surface area (Å²) < 4.78 is 0. The molecule has 0 bridgehead atoms. The Kier molecular flexibility index (Phi) is 4.45. The molecule has 2 nitrogen and oxygen atoms in total. The molecule has 1 aliphatic heterocycles. The van der Waals surface area contributed by atoms with Crippen molar-refractivity contribution in [3.63, 3.8) is 0 Å². The van der Waals surface area contributed by atoms with Gasteiger partial charge in [0.2, 0.25) is 0 Å². The maximum absolute atomic E-state index is 3.73. The van der Waals surface area contributed by atoms with Gasteiger partial charge < -0.3 is 10.6 Å². The second kappa shape index (κ2) is 5.86. The highest BCUT2D eigenvalue weighted by atomic mass is 15.0. The molecule has 1 heterocycles. The van der Waals surface area contributed by atoms with Gasteiger partial charge in [0.05, 0.1) is 0 Å². The lowest BCUT2D eigenvalue weighted by molar-refractivity contribution is 0.277. The zero-order chi connectivity index (χ0) is 10.5. The van der Waals surface area contributed by atoms with E-state index < -0.39 is 0 Å². The molecule has 2 rings (SSSR count). The lowest BCUT2D eigenvalue weighted by atomic mass is 9.84. The van der Waals surface area contributed by atoms with Crippen LogP contribution in [0.2, 0.25) is 0 Å². The summed E-state index contributed by atoms with van der Waals surface area (Å²) in [5, 5.41) is 7.28. The zero-order valence-electron chi connectivity index (χ0n) is 10.1. The van der Waals surface area contributed by atoms with Gasteiger partial charge in [-0.1, -0.05) is 19.3 Å². The standard InChI is InChI=1S/C13H26N2/c1-11(12-6-3-2-4-7-12)15-10-13-8-5-9-14-13/h11-15H,2-10H2,1H3/t11-,13?/m1/s1. The van der Waals surface area contributed by atoms with Crippen LogP contribution in [0.5, 0.6) is 0 Å². The fourth-order valence-corrected chi connectivity index (χ4v) is 3.06. The van der Waals surface area contributed by atoms with Crippen LogP contribution in [0.25, 0.3) is 0 Å². The molecule has 0 spiro atoms. The molecule has 1 unspecified atom stereocenters. The Bertz CT molecular complexity index is 169. The molecular formula is C13H26N2. The topological polar surface area (TPSA) is 24.1 Å². The van der Waals surface area contributed by atoms with Gasteiger partial charge in [-0.15, -0.1) is 0 Å². The van der Waals surface area contributed by atoms with E-state index in [0.717, 1.165) is 18.0 Å². The van der Waals surface area contributed by atoms with Crippen LogP contribution in [-0.4, -0.2) is 25.2 Å². The number of hydrogen-bond donors (Lipinski definition) is 2. The summed E-state index contributed by atoms with van der Waals surface area (Å²) in [4.78, 5) is 0. The fraction of sp³-hybridized carbons (Fsp3) is 1.00. The molecule has 15 heavy (non-hydrogen) atoms. The zero-order valence-corrected chi connectivity index (χ0v) is 10.1. The van der Waals surface area contributed by atoms with Gasteiger partial charge in [0, 0.05) is 18.6 Å². The van der Waals surface area contributed by atoms with Gasteiger partial charge in [-0.25, -0.2) is 0 Å². The summed E-state index contributed by atoms with van der Waals surface area (Å²) in [6.07, 6.45) is 10.0. The van der Waals surface area contributed by atoms with Crippen molar-refractivity contribution in [1.29, 1.82) is 0 Å². The first-order valence-corrected chi connectivity index (χ1v) is 6.83. The predicted molar refractivity (Wildman–Crippen MR) is 65.1 cm³/mol. The van der Waals surface area contributed by atoms with Gasteiger partial charge in [0.15, 0.2) is 0 Å². The van der Waals surface area contributed by atoms with E-state index in [4.69, 9.17) is 0 Å². The Labute approximate surface area is 94.2 Å². The highest BCUT2D eigenvalue weighted by Crippen LogP contribution is 2.26. The Balaban J connectivity index is 1.64. The minimum Gasteiger partial charge on any atom is -0.313 e. The molecule has 2 atom stereocenters. The van der Waals surface area contributed by atoms with Crippen molar-refractivity contribution < 1.29 is 0 Å². The SMILES string of the molecule is C[C@@H](NCC1CCCN1)C1CCCCC1. The quantitative estimate of drug-likeness (QED) is 0.744. The molecular weight excluding hydrogens is 184 g/mol. The van der Waals surface area contributed by atoms with E-state index in [1.165, 1.54) is 58.0 Å². The van der Waals surface area contributed by atoms with Crippen LogP contribution in [0.15, 0.2) is 0 Å². The van der Waals surface area contributed by atoms with Crippen LogP contribution in [0.1, 0.15) is 51.9 Å². The summed E-state index contributed by atoms with van der Waals surface area (Å²) in [7, 11) is 0. The Morgan fingerprint density at radius 1 is 1.13 bits per heavy atom. The molecule has 2 aliphatic rings. The van der Waals surface area contributed by atoms with E-state index >= 15 is 0 Å². The number of hydrogen-bond acceptors (Lipinski definition) is 2. The minimum absolute atomic E-state index is 0.729. The van der Waals surface area contributed by atoms with Crippen LogP contribution >= 0.6 is 0 Å². The van der Waals surface area contributed by atoms with Crippen molar-refractivity contribution in [3.05, 3.63) is 0 Å². The van der Waals surface area contributed by atoms with Crippen LogP contribution < -0.4 is 10.6 Å². The first-order valence-electron chi connectivity index (χ1n) is 6.83. The average Bonchev–Trinajstić information content (AvgIpc) is 2.80. The third-order valence-electron chi connectivity index (χ3n) is 4.21. The summed E-state index contributed by atoms with van der Waals surface area (Å²) in [5.41, 5.74) is 0. The molecule has 0 aromatic heterocycles. The van der Waals surface area contributed by atoms with Crippen LogP contribution in [0, 0.1) is 5.92 Å². The fourth-order valence-electron chi connectivity index (χ4n) is 3.06. The summed E-state index contributed by atoms with van der Waals surface area (Å²) in [6, 6.07) is 1.48. The molecule has 0 aromatic carbocycles. The lowest BCUT2D eigenvalue weighted by Crippen LogP contribution is -2.42. The molecule has 1 saturated heterocycles. The molecule has 1 saturated carbocycles. The highest BCUT2D eigenvalue weighted by Gasteiger charge is 2.21. The molecule has 0 radical (unpaired) electrons.